The molecular weight excluding hydrogens is 230 g/mol. The van der Waals surface area contributed by atoms with Crippen LogP contribution >= 0.6 is 11.3 Å². The zero-order valence-electron chi connectivity index (χ0n) is 11.3. The van der Waals surface area contributed by atoms with Crippen molar-refractivity contribution in [3.63, 3.8) is 0 Å². The quantitative estimate of drug-likeness (QED) is 0.676. The number of unbranched alkanes of at least 4 members (excludes halogenated alkanes) is 2. The predicted octanol–water partition coefficient (Wildman–Crippen LogP) is 3.87. The lowest BCUT2D eigenvalue weighted by atomic mass is 10.2. The van der Waals surface area contributed by atoms with Gasteiger partial charge in [-0.15, -0.1) is 11.3 Å². The van der Waals surface area contributed by atoms with E-state index >= 15 is 0 Å². The molecular formula is C14H25NOS. The molecule has 1 rings (SSSR count). The van der Waals surface area contributed by atoms with Crippen LogP contribution < -0.4 is 5.32 Å². The molecule has 0 atom stereocenters. The van der Waals surface area contributed by atoms with Gasteiger partial charge in [-0.25, -0.2) is 0 Å². The molecule has 0 aromatic carbocycles. The number of hydrogen-bond acceptors (Lipinski definition) is 3. The van der Waals surface area contributed by atoms with Crippen molar-refractivity contribution in [1.82, 2.24) is 5.32 Å². The summed E-state index contributed by atoms with van der Waals surface area (Å²) in [6.45, 7) is 10.2. The molecule has 3 heteroatoms. The fourth-order valence-corrected chi connectivity index (χ4v) is 2.72. The summed E-state index contributed by atoms with van der Waals surface area (Å²) >= 11 is 1.88. The van der Waals surface area contributed by atoms with Gasteiger partial charge in [-0.05, 0) is 31.5 Å². The fourth-order valence-electron chi connectivity index (χ4n) is 1.70. The first-order valence-electron chi connectivity index (χ1n) is 6.64. The van der Waals surface area contributed by atoms with Crippen molar-refractivity contribution in [2.45, 2.75) is 53.2 Å². The Morgan fingerprint density at radius 2 is 2.12 bits per heavy atom. The van der Waals surface area contributed by atoms with Gasteiger partial charge in [0.25, 0.3) is 0 Å². The molecule has 0 unspecified atom stereocenters. The third-order valence-corrected chi connectivity index (χ3v) is 3.86. The van der Waals surface area contributed by atoms with Crippen molar-refractivity contribution in [3.8, 4) is 0 Å². The second kappa shape index (κ2) is 8.67. The van der Waals surface area contributed by atoms with Gasteiger partial charge in [-0.3, -0.25) is 0 Å². The van der Waals surface area contributed by atoms with Crippen LogP contribution in [-0.4, -0.2) is 13.2 Å². The Balaban J connectivity index is 2.29. The van der Waals surface area contributed by atoms with E-state index in [9.17, 15) is 0 Å². The molecule has 98 valence electrons. The highest BCUT2D eigenvalue weighted by molar-refractivity contribution is 7.12. The third-order valence-electron chi connectivity index (χ3n) is 2.77. The van der Waals surface area contributed by atoms with Crippen molar-refractivity contribution in [1.29, 1.82) is 0 Å². The Bertz CT molecular complexity index is 309. The maximum absolute atomic E-state index is 5.71. The molecule has 1 heterocycles. The van der Waals surface area contributed by atoms with Crippen LogP contribution in [0.4, 0.5) is 0 Å². The van der Waals surface area contributed by atoms with Crippen LogP contribution in [0.15, 0.2) is 6.07 Å². The van der Waals surface area contributed by atoms with Gasteiger partial charge in [0.2, 0.25) is 0 Å². The molecule has 1 N–H and O–H groups in total. The summed E-state index contributed by atoms with van der Waals surface area (Å²) in [6, 6.07) is 2.28. The lowest BCUT2D eigenvalue weighted by molar-refractivity contribution is 0.117. The van der Waals surface area contributed by atoms with E-state index in [-0.39, 0.29) is 0 Å². The summed E-state index contributed by atoms with van der Waals surface area (Å²) in [5, 5.41) is 3.36. The average molecular weight is 255 g/mol. The molecule has 0 aliphatic heterocycles. The van der Waals surface area contributed by atoms with E-state index in [0.29, 0.717) is 0 Å². The molecule has 1 aromatic heterocycles. The highest BCUT2D eigenvalue weighted by Crippen LogP contribution is 2.22. The minimum atomic E-state index is 0.776. The maximum atomic E-state index is 5.71. The van der Waals surface area contributed by atoms with Crippen molar-refractivity contribution in [2.75, 3.05) is 13.2 Å². The Morgan fingerprint density at radius 3 is 2.82 bits per heavy atom. The number of ether oxygens (including phenoxy) is 1. The zero-order chi connectivity index (χ0) is 12.5. The largest absolute Gasteiger partial charge is 0.377 e. The van der Waals surface area contributed by atoms with Crippen LogP contribution in [-0.2, 0) is 17.9 Å². The van der Waals surface area contributed by atoms with Crippen molar-refractivity contribution in [2.24, 2.45) is 0 Å². The molecule has 0 aliphatic carbocycles. The number of thiophene rings is 1. The minimum Gasteiger partial charge on any atom is -0.377 e. The van der Waals surface area contributed by atoms with Gasteiger partial charge in [0.15, 0.2) is 0 Å². The molecule has 17 heavy (non-hydrogen) atoms. The second-order valence-electron chi connectivity index (χ2n) is 4.33. The summed E-state index contributed by atoms with van der Waals surface area (Å²) in [4.78, 5) is 2.81. The molecule has 1 aromatic rings. The van der Waals surface area contributed by atoms with E-state index < -0.39 is 0 Å². The number of aryl methyl sites for hydroxylation is 1. The van der Waals surface area contributed by atoms with E-state index in [1.54, 1.807) is 0 Å². The van der Waals surface area contributed by atoms with Crippen LogP contribution in [0.2, 0.25) is 0 Å². The lowest BCUT2D eigenvalue weighted by Crippen LogP contribution is -2.10. The monoisotopic (exact) mass is 255 g/mol. The van der Waals surface area contributed by atoms with Crippen molar-refractivity contribution in [3.05, 3.63) is 21.4 Å². The molecule has 0 bridgehead atoms. The standard InChI is InChI=1S/C14H25NOS/c1-4-6-7-8-16-11-13-9-14(10-15-5-2)17-12(13)3/h9,15H,4-8,10-11H2,1-3H3. The molecule has 0 aliphatic rings. The van der Waals surface area contributed by atoms with Gasteiger partial charge >= 0.3 is 0 Å². The smallest absolute Gasteiger partial charge is 0.0727 e. The first-order valence-corrected chi connectivity index (χ1v) is 7.46. The molecule has 0 saturated heterocycles. The highest BCUT2D eigenvalue weighted by atomic mass is 32.1. The number of nitrogens with one attached hydrogen (secondary N) is 1. The number of hydrogen-bond donors (Lipinski definition) is 1. The third kappa shape index (κ3) is 5.66. The summed E-state index contributed by atoms with van der Waals surface area (Å²) in [5.41, 5.74) is 1.36. The van der Waals surface area contributed by atoms with Gasteiger partial charge in [-0.2, -0.15) is 0 Å². The van der Waals surface area contributed by atoms with Crippen LogP contribution in [0.3, 0.4) is 0 Å². The van der Waals surface area contributed by atoms with E-state index in [4.69, 9.17) is 4.74 Å². The Morgan fingerprint density at radius 1 is 1.29 bits per heavy atom. The van der Waals surface area contributed by atoms with Crippen LogP contribution in [0.5, 0.6) is 0 Å². The number of rotatable bonds is 9. The minimum absolute atomic E-state index is 0.776. The van der Waals surface area contributed by atoms with E-state index in [2.05, 4.69) is 32.2 Å². The van der Waals surface area contributed by atoms with Crippen molar-refractivity contribution >= 4 is 11.3 Å². The molecule has 0 fully saturated rings. The summed E-state index contributed by atoms with van der Waals surface area (Å²) in [7, 11) is 0. The first kappa shape index (κ1) is 14.7. The Hall–Kier alpha value is -0.380. The highest BCUT2D eigenvalue weighted by Gasteiger charge is 2.05. The molecule has 2 nitrogen and oxygen atoms in total. The van der Waals surface area contributed by atoms with Gasteiger partial charge in [-0.1, -0.05) is 26.7 Å². The van der Waals surface area contributed by atoms with Crippen LogP contribution in [0.25, 0.3) is 0 Å². The van der Waals surface area contributed by atoms with Crippen molar-refractivity contribution < 1.29 is 4.74 Å². The van der Waals surface area contributed by atoms with E-state index in [1.807, 2.05) is 11.3 Å². The SMILES string of the molecule is CCCCCOCc1cc(CNCC)sc1C. The van der Waals surface area contributed by atoms with E-state index in [0.717, 1.165) is 26.3 Å². The van der Waals surface area contributed by atoms with Crippen LogP contribution in [0, 0.1) is 6.92 Å². The Kier molecular flexibility index (Phi) is 7.49. The molecule has 0 amide bonds. The van der Waals surface area contributed by atoms with Gasteiger partial charge in [0.05, 0.1) is 6.61 Å². The van der Waals surface area contributed by atoms with Gasteiger partial charge < -0.3 is 10.1 Å². The second-order valence-corrected chi connectivity index (χ2v) is 5.68. The van der Waals surface area contributed by atoms with Crippen LogP contribution in [0.1, 0.15) is 48.4 Å². The van der Waals surface area contributed by atoms with Gasteiger partial charge in [0.1, 0.15) is 0 Å². The molecule has 0 spiro atoms. The maximum Gasteiger partial charge on any atom is 0.0727 e. The Labute approximate surface area is 109 Å². The zero-order valence-corrected chi connectivity index (χ0v) is 12.2. The van der Waals surface area contributed by atoms with Gasteiger partial charge in [0, 0.05) is 22.9 Å². The first-order chi connectivity index (χ1) is 8.27. The average Bonchev–Trinajstić information content (AvgIpc) is 2.67. The molecule has 0 radical (unpaired) electrons. The normalized spacial score (nSPS) is 11.0. The summed E-state index contributed by atoms with van der Waals surface area (Å²) in [6.07, 6.45) is 3.71. The topological polar surface area (TPSA) is 21.3 Å². The molecule has 0 saturated carbocycles. The lowest BCUT2D eigenvalue weighted by Gasteiger charge is -2.02. The predicted molar refractivity (Wildman–Crippen MR) is 75.6 cm³/mol. The van der Waals surface area contributed by atoms with E-state index in [1.165, 1.54) is 34.6 Å². The summed E-state index contributed by atoms with van der Waals surface area (Å²) < 4.78 is 5.71. The summed E-state index contributed by atoms with van der Waals surface area (Å²) in [5.74, 6) is 0. The fraction of sp³-hybridized carbons (Fsp3) is 0.714.